The maximum absolute atomic E-state index is 12.5. The van der Waals surface area contributed by atoms with Crippen LogP contribution in [0.25, 0.3) is 0 Å². The molecule has 2 atom stereocenters. The molecule has 4 nitrogen and oxygen atoms in total. The molecule has 2 rings (SSSR count). The second-order valence-corrected chi connectivity index (χ2v) is 6.71. The Hall–Kier alpha value is -0.910. The van der Waals surface area contributed by atoms with Gasteiger partial charge in [-0.25, -0.2) is 0 Å². The summed E-state index contributed by atoms with van der Waals surface area (Å²) >= 11 is 3.44. The molecule has 1 aromatic rings. The van der Waals surface area contributed by atoms with Gasteiger partial charge in [0.15, 0.2) is 0 Å². The van der Waals surface area contributed by atoms with E-state index in [0.29, 0.717) is 6.61 Å². The summed E-state index contributed by atoms with van der Waals surface area (Å²) in [5.41, 5.74) is 1.95. The Morgan fingerprint density at radius 2 is 2.27 bits per heavy atom. The van der Waals surface area contributed by atoms with E-state index in [4.69, 9.17) is 9.47 Å². The number of anilines is 1. The Labute approximate surface area is 140 Å². The van der Waals surface area contributed by atoms with Gasteiger partial charge < -0.3 is 14.4 Å². The zero-order valence-electron chi connectivity index (χ0n) is 13.5. The lowest BCUT2D eigenvalue weighted by Crippen LogP contribution is -2.38. The Morgan fingerprint density at radius 1 is 1.50 bits per heavy atom. The van der Waals surface area contributed by atoms with Crippen molar-refractivity contribution in [3.63, 3.8) is 0 Å². The van der Waals surface area contributed by atoms with Crippen LogP contribution in [0, 0.1) is 6.92 Å². The van der Waals surface area contributed by atoms with Crippen molar-refractivity contribution in [2.45, 2.75) is 45.3 Å². The second-order valence-electron chi connectivity index (χ2n) is 5.79. The van der Waals surface area contributed by atoms with Crippen LogP contribution in [0.3, 0.4) is 0 Å². The molecule has 0 saturated carbocycles. The largest absolute Gasteiger partial charge is 0.376 e. The molecule has 1 aromatic carbocycles. The lowest BCUT2D eigenvalue weighted by molar-refractivity contribution is -0.132. The highest BCUT2D eigenvalue weighted by Gasteiger charge is 2.22. The second kappa shape index (κ2) is 8.09. The summed E-state index contributed by atoms with van der Waals surface area (Å²) < 4.78 is 12.4. The Morgan fingerprint density at radius 3 is 2.91 bits per heavy atom. The maximum Gasteiger partial charge on any atom is 0.255 e. The van der Waals surface area contributed by atoms with Crippen LogP contribution in [0.4, 0.5) is 5.69 Å². The molecule has 2 unspecified atom stereocenters. The smallest absolute Gasteiger partial charge is 0.255 e. The Balaban J connectivity index is 1.91. The first-order chi connectivity index (χ1) is 10.5. The molecule has 0 aromatic heterocycles. The molecule has 1 amide bonds. The van der Waals surface area contributed by atoms with Crippen LogP contribution in [0.5, 0.6) is 0 Å². The van der Waals surface area contributed by atoms with E-state index in [1.165, 1.54) is 6.42 Å². The number of hydrogen-bond acceptors (Lipinski definition) is 3. The van der Waals surface area contributed by atoms with Crippen molar-refractivity contribution in [1.82, 2.24) is 0 Å². The minimum Gasteiger partial charge on any atom is -0.376 e. The monoisotopic (exact) mass is 369 g/mol. The molecule has 0 bridgehead atoms. The van der Waals surface area contributed by atoms with Crippen LogP contribution in [-0.4, -0.2) is 38.4 Å². The standard InChI is InChI=1S/C17H24BrNO3/c1-12-10-14(18)7-8-16(12)19(3)17(20)13(2)22-11-15-6-4-5-9-21-15/h7-8,10,13,15H,4-6,9,11H2,1-3H3. The lowest BCUT2D eigenvalue weighted by atomic mass is 10.1. The van der Waals surface area contributed by atoms with Crippen LogP contribution in [0.15, 0.2) is 22.7 Å². The van der Waals surface area contributed by atoms with Gasteiger partial charge in [0.2, 0.25) is 0 Å². The first kappa shape index (κ1) is 17.4. The van der Waals surface area contributed by atoms with Crippen LogP contribution in [0.2, 0.25) is 0 Å². The van der Waals surface area contributed by atoms with Gasteiger partial charge in [0, 0.05) is 23.8 Å². The van der Waals surface area contributed by atoms with Gasteiger partial charge in [-0.05, 0) is 56.9 Å². The van der Waals surface area contributed by atoms with Gasteiger partial charge in [-0.2, -0.15) is 0 Å². The Bertz CT molecular complexity index is 515. The van der Waals surface area contributed by atoms with Crippen molar-refractivity contribution >= 4 is 27.5 Å². The molecule has 1 aliphatic heterocycles. The zero-order chi connectivity index (χ0) is 16.1. The van der Waals surface area contributed by atoms with Crippen molar-refractivity contribution in [1.29, 1.82) is 0 Å². The topological polar surface area (TPSA) is 38.8 Å². The quantitative estimate of drug-likeness (QED) is 0.794. The average molecular weight is 370 g/mol. The predicted molar refractivity (Wildman–Crippen MR) is 91.3 cm³/mol. The van der Waals surface area contributed by atoms with Crippen LogP contribution in [-0.2, 0) is 14.3 Å². The third kappa shape index (κ3) is 4.54. The van der Waals surface area contributed by atoms with Crippen LogP contribution >= 0.6 is 15.9 Å². The number of nitrogens with zero attached hydrogens (tertiary/aromatic N) is 1. The maximum atomic E-state index is 12.5. The van der Waals surface area contributed by atoms with E-state index in [2.05, 4.69) is 15.9 Å². The molecule has 5 heteroatoms. The van der Waals surface area contributed by atoms with Crippen LogP contribution in [0.1, 0.15) is 31.7 Å². The molecule has 1 aliphatic rings. The fourth-order valence-electron chi connectivity index (χ4n) is 2.65. The molecule has 1 heterocycles. The van der Waals surface area contributed by atoms with Crippen molar-refractivity contribution in [2.75, 3.05) is 25.2 Å². The van der Waals surface area contributed by atoms with Crippen molar-refractivity contribution in [3.8, 4) is 0 Å². The summed E-state index contributed by atoms with van der Waals surface area (Å²) in [6.07, 6.45) is 2.97. The number of likely N-dealkylation sites (N-methyl/N-ethyl adjacent to an activating group) is 1. The van der Waals surface area contributed by atoms with Gasteiger partial charge in [-0.3, -0.25) is 4.79 Å². The highest BCUT2D eigenvalue weighted by Crippen LogP contribution is 2.24. The Kier molecular flexibility index (Phi) is 6.41. The molecule has 0 spiro atoms. The summed E-state index contributed by atoms with van der Waals surface area (Å²) in [5.74, 6) is -0.0405. The SMILES string of the molecule is Cc1cc(Br)ccc1N(C)C(=O)C(C)OCC1CCCCO1. The number of hydrogen-bond donors (Lipinski definition) is 0. The van der Waals surface area contributed by atoms with E-state index in [-0.39, 0.29) is 12.0 Å². The molecule has 1 saturated heterocycles. The highest BCUT2D eigenvalue weighted by molar-refractivity contribution is 9.10. The van der Waals surface area contributed by atoms with Gasteiger partial charge in [0.1, 0.15) is 6.10 Å². The predicted octanol–water partition coefficient (Wildman–Crippen LogP) is 3.69. The first-order valence-electron chi connectivity index (χ1n) is 7.76. The third-order valence-electron chi connectivity index (χ3n) is 4.00. The highest BCUT2D eigenvalue weighted by atomic mass is 79.9. The van der Waals surface area contributed by atoms with Crippen molar-refractivity contribution < 1.29 is 14.3 Å². The number of halogens is 1. The number of carbonyl (C=O) groups excluding carboxylic acids is 1. The number of rotatable bonds is 5. The number of carbonyl (C=O) groups is 1. The molecular weight excluding hydrogens is 346 g/mol. The van der Waals surface area contributed by atoms with Gasteiger partial charge >= 0.3 is 0 Å². The summed E-state index contributed by atoms with van der Waals surface area (Å²) in [6.45, 7) is 5.08. The zero-order valence-corrected chi connectivity index (χ0v) is 15.1. The normalized spacial score (nSPS) is 19.7. The number of amides is 1. The minimum absolute atomic E-state index is 0.0405. The number of ether oxygens (including phenoxy) is 2. The molecule has 22 heavy (non-hydrogen) atoms. The van der Waals surface area contributed by atoms with Crippen molar-refractivity contribution in [2.24, 2.45) is 0 Å². The van der Waals surface area contributed by atoms with E-state index >= 15 is 0 Å². The van der Waals surface area contributed by atoms with E-state index in [1.807, 2.05) is 25.1 Å². The number of aryl methyl sites for hydroxylation is 1. The van der Waals surface area contributed by atoms with E-state index in [1.54, 1.807) is 18.9 Å². The molecule has 122 valence electrons. The van der Waals surface area contributed by atoms with Gasteiger partial charge in [-0.15, -0.1) is 0 Å². The first-order valence-corrected chi connectivity index (χ1v) is 8.55. The van der Waals surface area contributed by atoms with E-state index in [0.717, 1.165) is 35.2 Å². The molecule has 0 aliphatic carbocycles. The summed E-state index contributed by atoms with van der Waals surface area (Å²) in [5, 5.41) is 0. The summed E-state index contributed by atoms with van der Waals surface area (Å²) in [6, 6.07) is 5.88. The average Bonchev–Trinajstić information content (AvgIpc) is 2.52. The van der Waals surface area contributed by atoms with Crippen molar-refractivity contribution in [3.05, 3.63) is 28.2 Å². The van der Waals surface area contributed by atoms with Gasteiger partial charge in [0.25, 0.3) is 5.91 Å². The van der Waals surface area contributed by atoms with E-state index < -0.39 is 6.10 Å². The van der Waals surface area contributed by atoms with Gasteiger partial charge in [0.05, 0.1) is 12.7 Å². The van der Waals surface area contributed by atoms with E-state index in [9.17, 15) is 4.79 Å². The van der Waals surface area contributed by atoms with Gasteiger partial charge in [-0.1, -0.05) is 15.9 Å². The fourth-order valence-corrected chi connectivity index (χ4v) is 3.12. The summed E-state index contributed by atoms with van der Waals surface area (Å²) in [4.78, 5) is 14.2. The lowest BCUT2D eigenvalue weighted by Gasteiger charge is -2.26. The fraction of sp³-hybridized carbons (Fsp3) is 0.588. The molecule has 1 fully saturated rings. The molecule has 0 N–H and O–H groups in total. The molecular formula is C17H24BrNO3. The third-order valence-corrected chi connectivity index (χ3v) is 4.50. The van der Waals surface area contributed by atoms with Crippen LogP contribution < -0.4 is 4.90 Å². The minimum atomic E-state index is -0.474. The molecule has 0 radical (unpaired) electrons. The summed E-state index contributed by atoms with van der Waals surface area (Å²) in [7, 11) is 1.79. The number of benzene rings is 1.